The van der Waals surface area contributed by atoms with Crippen LogP contribution in [0.1, 0.15) is 36.5 Å². The predicted molar refractivity (Wildman–Crippen MR) is 97.8 cm³/mol. The molecule has 1 heterocycles. The van der Waals surface area contributed by atoms with Gasteiger partial charge in [-0.25, -0.2) is 0 Å². The second kappa shape index (κ2) is 7.09. The van der Waals surface area contributed by atoms with Crippen LogP contribution in [0.2, 0.25) is 0 Å². The van der Waals surface area contributed by atoms with Crippen molar-refractivity contribution in [3.63, 3.8) is 0 Å². The number of phenols is 2. The second-order valence-electron chi connectivity index (χ2n) is 6.68. The van der Waals surface area contributed by atoms with Gasteiger partial charge in [0, 0.05) is 23.1 Å². The number of hydrogen-bond acceptors (Lipinski definition) is 4. The van der Waals surface area contributed by atoms with Gasteiger partial charge in [-0.1, -0.05) is 23.8 Å². The van der Waals surface area contributed by atoms with E-state index >= 15 is 0 Å². The van der Waals surface area contributed by atoms with Crippen molar-refractivity contribution >= 4 is 0 Å². The van der Waals surface area contributed by atoms with Gasteiger partial charge in [0.2, 0.25) is 0 Å². The van der Waals surface area contributed by atoms with Crippen LogP contribution in [0.25, 0.3) is 0 Å². The molecule has 1 aliphatic rings. The Labute approximate surface area is 148 Å². The van der Waals surface area contributed by atoms with Gasteiger partial charge in [0.15, 0.2) is 0 Å². The molecule has 2 aromatic carbocycles. The molecular formula is C21H24O4. The Hall–Kier alpha value is -2.62. The Morgan fingerprint density at radius 3 is 2.76 bits per heavy atom. The monoisotopic (exact) mass is 340 g/mol. The molecule has 132 valence electrons. The van der Waals surface area contributed by atoms with E-state index in [0.29, 0.717) is 13.0 Å². The van der Waals surface area contributed by atoms with Crippen LogP contribution in [0.5, 0.6) is 23.0 Å². The lowest BCUT2D eigenvalue weighted by atomic mass is 9.88. The van der Waals surface area contributed by atoms with Gasteiger partial charge in [-0.2, -0.15) is 0 Å². The summed E-state index contributed by atoms with van der Waals surface area (Å²) in [6, 6.07) is 8.88. The van der Waals surface area contributed by atoms with Crippen LogP contribution in [0, 0.1) is 0 Å². The molecule has 2 aromatic rings. The molecule has 0 spiro atoms. The zero-order chi connectivity index (χ0) is 18.0. The number of fused-ring (bicyclic) bond motifs is 1. The van der Waals surface area contributed by atoms with E-state index in [1.807, 2.05) is 26.0 Å². The molecule has 25 heavy (non-hydrogen) atoms. The molecule has 4 heteroatoms. The van der Waals surface area contributed by atoms with E-state index < -0.39 is 0 Å². The molecule has 4 nitrogen and oxygen atoms in total. The number of hydrogen-bond donors (Lipinski definition) is 2. The minimum Gasteiger partial charge on any atom is -0.508 e. The number of allylic oxidation sites excluding steroid dienone is 2. The normalized spacial score (nSPS) is 15.9. The molecule has 1 unspecified atom stereocenters. The summed E-state index contributed by atoms with van der Waals surface area (Å²) in [4.78, 5) is 0. The van der Waals surface area contributed by atoms with Crippen molar-refractivity contribution in [1.82, 2.24) is 0 Å². The van der Waals surface area contributed by atoms with Gasteiger partial charge in [0.1, 0.15) is 23.0 Å². The van der Waals surface area contributed by atoms with Crippen LogP contribution >= 0.6 is 0 Å². The minimum atomic E-state index is 0.137. The first kappa shape index (κ1) is 17.2. The fourth-order valence-electron chi connectivity index (χ4n) is 3.26. The minimum absolute atomic E-state index is 0.137. The molecule has 3 rings (SSSR count). The van der Waals surface area contributed by atoms with Crippen molar-refractivity contribution in [2.45, 2.75) is 32.6 Å². The summed E-state index contributed by atoms with van der Waals surface area (Å²) in [5.74, 6) is 2.06. The molecule has 2 N–H and O–H groups in total. The van der Waals surface area contributed by atoms with Crippen LogP contribution in [-0.4, -0.2) is 23.9 Å². The largest absolute Gasteiger partial charge is 0.508 e. The SMILES string of the molecule is COc1c(C2COc3cc(O)ccc3C2)ccc(O)c1CC=C(C)C. The summed E-state index contributed by atoms with van der Waals surface area (Å²) >= 11 is 0. The fraction of sp³-hybridized carbons (Fsp3) is 0.333. The van der Waals surface area contributed by atoms with E-state index in [4.69, 9.17) is 9.47 Å². The van der Waals surface area contributed by atoms with Gasteiger partial charge in [0.05, 0.1) is 13.7 Å². The lowest BCUT2D eigenvalue weighted by Crippen LogP contribution is -2.20. The quantitative estimate of drug-likeness (QED) is 0.813. The Morgan fingerprint density at radius 2 is 2.04 bits per heavy atom. The van der Waals surface area contributed by atoms with Crippen LogP contribution in [0.15, 0.2) is 42.0 Å². The molecule has 0 radical (unpaired) electrons. The molecule has 0 saturated heterocycles. The van der Waals surface area contributed by atoms with Crippen LogP contribution in [0.3, 0.4) is 0 Å². The Balaban J connectivity index is 1.96. The molecule has 0 fully saturated rings. The summed E-state index contributed by atoms with van der Waals surface area (Å²) in [5.41, 5.74) is 4.10. The average molecular weight is 340 g/mol. The maximum absolute atomic E-state index is 10.3. The molecule has 0 aromatic heterocycles. The lowest BCUT2D eigenvalue weighted by molar-refractivity contribution is 0.257. The second-order valence-corrected chi connectivity index (χ2v) is 6.68. The van der Waals surface area contributed by atoms with Gasteiger partial charge in [-0.05, 0) is 44.4 Å². The van der Waals surface area contributed by atoms with Crippen LogP contribution in [0.4, 0.5) is 0 Å². The number of ether oxygens (including phenoxy) is 2. The molecule has 0 saturated carbocycles. The van der Waals surface area contributed by atoms with E-state index in [2.05, 4.69) is 6.08 Å². The van der Waals surface area contributed by atoms with Crippen molar-refractivity contribution in [2.24, 2.45) is 0 Å². The Morgan fingerprint density at radius 1 is 1.24 bits per heavy atom. The number of methoxy groups -OCH3 is 1. The molecular weight excluding hydrogens is 316 g/mol. The highest BCUT2D eigenvalue weighted by Crippen LogP contribution is 2.41. The highest BCUT2D eigenvalue weighted by Gasteiger charge is 2.26. The molecule has 1 atom stereocenters. The third kappa shape index (κ3) is 3.58. The number of rotatable bonds is 4. The summed E-state index contributed by atoms with van der Waals surface area (Å²) in [7, 11) is 1.64. The molecule has 0 bridgehead atoms. The number of phenolic OH excluding ortho intramolecular Hbond substituents is 2. The Kier molecular flexibility index (Phi) is 4.88. The third-order valence-corrected chi connectivity index (χ3v) is 4.58. The van der Waals surface area contributed by atoms with Crippen LogP contribution < -0.4 is 9.47 Å². The predicted octanol–water partition coefficient (Wildman–Crippen LogP) is 4.33. The zero-order valence-corrected chi connectivity index (χ0v) is 14.9. The standard InChI is InChI=1S/C21H24O4/c1-13(2)4-7-18-19(23)9-8-17(21(18)24-3)15-10-14-5-6-16(22)11-20(14)25-12-15/h4-6,8-9,11,15,22-23H,7,10,12H2,1-3H3. The smallest absolute Gasteiger partial charge is 0.129 e. The van der Waals surface area contributed by atoms with E-state index in [-0.39, 0.29) is 17.4 Å². The van der Waals surface area contributed by atoms with Gasteiger partial charge < -0.3 is 19.7 Å². The van der Waals surface area contributed by atoms with Crippen LogP contribution in [-0.2, 0) is 12.8 Å². The van der Waals surface area contributed by atoms with Crippen molar-refractivity contribution in [3.05, 3.63) is 58.7 Å². The highest BCUT2D eigenvalue weighted by molar-refractivity contribution is 5.53. The molecule has 1 aliphatic heterocycles. The molecule has 0 amide bonds. The first-order valence-corrected chi connectivity index (χ1v) is 8.46. The molecule has 0 aliphatic carbocycles. The average Bonchev–Trinajstić information content (AvgIpc) is 2.59. The van der Waals surface area contributed by atoms with Gasteiger partial charge in [-0.15, -0.1) is 0 Å². The fourth-order valence-corrected chi connectivity index (χ4v) is 3.26. The van der Waals surface area contributed by atoms with Crippen molar-refractivity contribution in [2.75, 3.05) is 13.7 Å². The van der Waals surface area contributed by atoms with Crippen molar-refractivity contribution < 1.29 is 19.7 Å². The van der Waals surface area contributed by atoms with E-state index in [9.17, 15) is 10.2 Å². The maximum Gasteiger partial charge on any atom is 0.129 e. The third-order valence-electron chi connectivity index (χ3n) is 4.58. The van der Waals surface area contributed by atoms with E-state index in [1.54, 1.807) is 25.3 Å². The van der Waals surface area contributed by atoms with Crippen molar-refractivity contribution in [1.29, 1.82) is 0 Å². The summed E-state index contributed by atoms with van der Waals surface area (Å²) < 4.78 is 11.5. The van der Waals surface area contributed by atoms with Gasteiger partial charge in [0.25, 0.3) is 0 Å². The summed E-state index contributed by atoms with van der Waals surface area (Å²) in [6.07, 6.45) is 3.51. The summed E-state index contributed by atoms with van der Waals surface area (Å²) in [6.45, 7) is 4.59. The number of aromatic hydroxyl groups is 2. The maximum atomic E-state index is 10.3. The van der Waals surface area contributed by atoms with Gasteiger partial charge in [-0.3, -0.25) is 0 Å². The van der Waals surface area contributed by atoms with Gasteiger partial charge >= 0.3 is 0 Å². The first-order chi connectivity index (χ1) is 12.0. The Bertz CT molecular complexity index is 804. The van der Waals surface area contributed by atoms with E-state index in [1.165, 1.54) is 5.57 Å². The zero-order valence-electron chi connectivity index (χ0n) is 14.9. The van der Waals surface area contributed by atoms with E-state index in [0.717, 1.165) is 34.6 Å². The highest BCUT2D eigenvalue weighted by atomic mass is 16.5. The number of benzene rings is 2. The van der Waals surface area contributed by atoms with Crippen molar-refractivity contribution in [3.8, 4) is 23.0 Å². The summed E-state index contributed by atoms with van der Waals surface area (Å²) in [5, 5.41) is 19.9. The first-order valence-electron chi connectivity index (χ1n) is 8.46. The topological polar surface area (TPSA) is 58.9 Å². The lowest BCUT2D eigenvalue weighted by Gasteiger charge is -2.27.